The van der Waals surface area contributed by atoms with Gasteiger partial charge in [-0.3, -0.25) is 9.59 Å². The fraction of sp³-hybridized carbons (Fsp3) is 0.432. The predicted molar refractivity (Wildman–Crippen MR) is 388 cm³/mol. The van der Waals surface area contributed by atoms with E-state index in [1.54, 1.807) is 47.9 Å². The summed E-state index contributed by atoms with van der Waals surface area (Å²) >= 11 is 1.58. The van der Waals surface area contributed by atoms with Crippen molar-refractivity contribution in [3.8, 4) is 34.5 Å². The molecular weight excluding hydrogens is 1290 g/mol. The molecule has 532 valence electrons. The lowest BCUT2D eigenvalue weighted by Crippen LogP contribution is -2.27. The van der Waals surface area contributed by atoms with Gasteiger partial charge in [0.25, 0.3) is 0 Å². The molecule has 0 spiro atoms. The van der Waals surface area contributed by atoms with E-state index >= 15 is 0 Å². The summed E-state index contributed by atoms with van der Waals surface area (Å²) in [6, 6.07) is 48.6. The topological polar surface area (TPSA) is 198 Å². The maximum absolute atomic E-state index is 13.9. The highest BCUT2D eigenvalue weighted by Gasteiger charge is 2.30. The zero-order valence-corrected chi connectivity index (χ0v) is 58.4. The van der Waals surface area contributed by atoms with Crippen LogP contribution in [0.25, 0.3) is 10.2 Å². The van der Waals surface area contributed by atoms with Crippen molar-refractivity contribution < 1.29 is 71.9 Å². The van der Waals surface area contributed by atoms with Crippen molar-refractivity contribution >= 4 is 56.8 Å². The first-order valence-corrected chi connectivity index (χ1v) is 36.6. The van der Waals surface area contributed by atoms with E-state index in [0.29, 0.717) is 113 Å². The molecule has 19 heteroatoms. The van der Waals surface area contributed by atoms with Crippen LogP contribution in [0.1, 0.15) is 164 Å². The zero-order chi connectivity index (χ0) is 69.6. The van der Waals surface area contributed by atoms with Crippen molar-refractivity contribution in [2.24, 2.45) is 28.8 Å². The Morgan fingerprint density at radius 2 is 0.950 bits per heavy atom. The number of benzene rings is 6. The van der Waals surface area contributed by atoms with Crippen molar-refractivity contribution in [1.82, 2.24) is 4.98 Å². The summed E-state index contributed by atoms with van der Waals surface area (Å²) < 4.78 is 41.4. The molecule has 0 amide bonds. The minimum Gasteiger partial charge on any atom is -0.494 e. The number of carbonyl (C=O) groups excluding carboxylic acids is 4. The largest absolute Gasteiger partial charge is 0.494 e. The summed E-state index contributed by atoms with van der Waals surface area (Å²) in [4.78, 5) is 78.2. The molecule has 2 aliphatic carbocycles. The van der Waals surface area contributed by atoms with Gasteiger partial charge < -0.3 is 42.9 Å². The van der Waals surface area contributed by atoms with E-state index in [1.807, 2.05) is 71.7 Å². The number of thiazole rings is 1. The average molecular weight is 1380 g/mol. The molecule has 9 rings (SSSR count). The molecule has 0 aliphatic heterocycles. The van der Waals surface area contributed by atoms with Crippen LogP contribution in [-0.2, 0) is 43.2 Å². The molecule has 6 aromatic carbocycles. The number of hydrazone groups is 1. The number of hydrogen-bond donors (Lipinski definition) is 0. The summed E-state index contributed by atoms with van der Waals surface area (Å²) in [5.41, 5.74) is 3.76. The van der Waals surface area contributed by atoms with Crippen LogP contribution in [-0.4, -0.2) is 87.9 Å². The van der Waals surface area contributed by atoms with Gasteiger partial charge in [0.05, 0.1) is 67.9 Å². The number of aromatic nitrogens is 1. The average Bonchev–Trinajstić information content (AvgIpc) is 1.68. The third-order valence-corrected chi connectivity index (χ3v) is 18.9. The Bertz CT molecular complexity index is 3520. The maximum atomic E-state index is 13.9. The number of para-hydroxylation sites is 1. The number of anilines is 1. The molecule has 0 N–H and O–H groups in total. The van der Waals surface area contributed by atoms with E-state index in [-0.39, 0.29) is 41.7 Å². The van der Waals surface area contributed by atoms with Crippen LogP contribution in [0.3, 0.4) is 0 Å². The van der Waals surface area contributed by atoms with Crippen molar-refractivity contribution in [2.45, 2.75) is 147 Å². The lowest BCUT2D eigenvalue weighted by atomic mass is 9.82. The first-order valence-electron chi connectivity index (χ1n) is 35.8. The van der Waals surface area contributed by atoms with Gasteiger partial charge in [-0.15, -0.1) is 0 Å². The SMILES string of the molecule is C=CC(=O)OCCCCCCOc1ccc(OOCC2CCC(C(=O)Oc3ccc(OOCC4CCC(C(=O)Oc5ccc(OCCCCCCOC(=O)C=C)cc5)CC4)c(/C=N/N(CCCCCCCCOC(c4ccccc4)c4ccccc4)c4nc5ccccc5s4)c3)CC2)cc1. The van der Waals surface area contributed by atoms with Crippen molar-refractivity contribution in [3.63, 3.8) is 0 Å². The normalized spacial score (nSPS) is 16.0. The summed E-state index contributed by atoms with van der Waals surface area (Å²) in [6.07, 6.45) is 22.9. The van der Waals surface area contributed by atoms with Crippen LogP contribution in [0.2, 0.25) is 0 Å². The first-order chi connectivity index (χ1) is 49.2. The van der Waals surface area contributed by atoms with E-state index in [1.165, 1.54) is 12.2 Å². The van der Waals surface area contributed by atoms with E-state index in [2.05, 4.69) is 67.8 Å². The smallest absolute Gasteiger partial charge is 0.330 e. The second-order valence-corrected chi connectivity index (χ2v) is 26.5. The number of fused-ring (bicyclic) bond motifs is 1. The molecule has 1 aromatic heterocycles. The molecule has 2 aliphatic rings. The van der Waals surface area contributed by atoms with Gasteiger partial charge in [0.15, 0.2) is 11.5 Å². The molecular formula is C81H97N3O15S. The standard InChI is InChI=1S/C81H97N3O15S/c1-3-76(85)91-54-24-11-9-22-52-89-68-41-45-70(46-42-68)96-79(87)65-37-35-62(36-38-65)60-95-99-74-50-49-72(97-80(88)66-39-33-61(34-40-66)59-94-98-71-47-43-69(44-48-71)90-53-23-10-12-25-55-92-77(86)4-2)57-67(74)58-82-84(81-83-73-31-19-20-32-75(73)100-81)51-21-7-5-6-8-26-56-93-78(63-27-15-13-16-28-63)64-29-17-14-18-30-64/h3-4,13-20,27-32,41-50,57-58,61-62,65-66,78H,1-2,5-12,21-26,33-40,51-56,59-60H2/b82-58+. The Morgan fingerprint density at radius 3 is 1.50 bits per heavy atom. The molecule has 1 heterocycles. The summed E-state index contributed by atoms with van der Waals surface area (Å²) in [5.74, 6) is 1.75. The minimum absolute atomic E-state index is 0.100. The maximum Gasteiger partial charge on any atom is 0.330 e. The third kappa shape index (κ3) is 26.3. The highest BCUT2D eigenvalue weighted by Crippen LogP contribution is 2.36. The van der Waals surface area contributed by atoms with Gasteiger partial charge in [-0.2, -0.15) is 14.9 Å². The van der Waals surface area contributed by atoms with Crippen molar-refractivity contribution in [1.29, 1.82) is 0 Å². The number of rotatable bonds is 45. The van der Waals surface area contributed by atoms with Crippen molar-refractivity contribution in [2.75, 3.05) is 57.8 Å². The van der Waals surface area contributed by atoms with E-state index < -0.39 is 11.9 Å². The fourth-order valence-electron chi connectivity index (χ4n) is 12.1. The first kappa shape index (κ1) is 75.3. The van der Waals surface area contributed by atoms with Crippen LogP contribution < -0.4 is 33.7 Å². The number of ether oxygens (including phenoxy) is 7. The highest BCUT2D eigenvalue weighted by molar-refractivity contribution is 7.22. The van der Waals surface area contributed by atoms with Crippen LogP contribution >= 0.6 is 11.3 Å². The quantitative estimate of drug-likeness (QED) is 0.00663. The molecule has 0 atom stereocenters. The van der Waals surface area contributed by atoms with Crippen LogP contribution in [0, 0.1) is 23.7 Å². The molecule has 100 heavy (non-hydrogen) atoms. The van der Waals surface area contributed by atoms with E-state index in [0.717, 1.165) is 148 Å². The van der Waals surface area contributed by atoms with Gasteiger partial charge in [-0.1, -0.05) is 123 Å². The van der Waals surface area contributed by atoms with Gasteiger partial charge in [-0.25, -0.2) is 19.6 Å². The van der Waals surface area contributed by atoms with Gasteiger partial charge in [0.2, 0.25) is 5.13 Å². The Hall–Kier alpha value is -8.88. The lowest BCUT2D eigenvalue weighted by molar-refractivity contribution is -0.218. The number of carbonyl (C=O) groups is 4. The molecule has 0 unspecified atom stereocenters. The Morgan fingerprint density at radius 1 is 0.490 bits per heavy atom. The monoisotopic (exact) mass is 1380 g/mol. The van der Waals surface area contributed by atoms with Crippen LogP contribution in [0.5, 0.6) is 34.5 Å². The third-order valence-electron chi connectivity index (χ3n) is 17.9. The Balaban J connectivity index is 0.754. The summed E-state index contributed by atoms with van der Waals surface area (Å²) in [6.45, 7) is 10.7. The van der Waals surface area contributed by atoms with Crippen LogP contribution in [0.15, 0.2) is 182 Å². The number of unbranched alkanes of at least 4 members (excludes halogenated alkanes) is 11. The van der Waals surface area contributed by atoms with Crippen LogP contribution in [0.4, 0.5) is 5.13 Å². The van der Waals surface area contributed by atoms with Gasteiger partial charge >= 0.3 is 23.9 Å². The number of esters is 4. The Kier molecular flexibility index (Phi) is 32.3. The predicted octanol–water partition coefficient (Wildman–Crippen LogP) is 18.1. The van der Waals surface area contributed by atoms with Gasteiger partial charge in [0.1, 0.15) is 29.1 Å². The van der Waals surface area contributed by atoms with Gasteiger partial charge in [0, 0.05) is 30.9 Å². The van der Waals surface area contributed by atoms with E-state index in [4.69, 9.17) is 62.8 Å². The number of nitrogens with zero attached hydrogens (tertiary/aromatic N) is 3. The molecule has 0 saturated heterocycles. The highest BCUT2D eigenvalue weighted by atomic mass is 32.1. The molecule has 18 nitrogen and oxygen atoms in total. The second kappa shape index (κ2) is 42.9. The minimum atomic E-state index is -0.402. The molecule has 7 aromatic rings. The second-order valence-electron chi connectivity index (χ2n) is 25.4. The summed E-state index contributed by atoms with van der Waals surface area (Å²) in [7, 11) is 0. The van der Waals surface area contributed by atoms with Gasteiger partial charge in [-0.05, 0) is 217 Å². The fourth-order valence-corrected chi connectivity index (χ4v) is 13.0. The Labute approximate surface area is 592 Å². The molecule has 0 bridgehead atoms. The molecule has 0 radical (unpaired) electrons. The molecule has 2 fully saturated rings. The van der Waals surface area contributed by atoms with Crippen molar-refractivity contribution in [3.05, 3.63) is 194 Å². The lowest BCUT2D eigenvalue weighted by Gasteiger charge is -2.27. The van der Waals surface area contributed by atoms with E-state index in [9.17, 15) is 19.2 Å². The summed E-state index contributed by atoms with van der Waals surface area (Å²) in [5, 5.41) is 7.80. The number of hydrogen-bond acceptors (Lipinski definition) is 19. The molecule has 2 saturated carbocycles. The zero-order valence-electron chi connectivity index (χ0n) is 57.6.